The van der Waals surface area contributed by atoms with E-state index in [0.717, 1.165) is 29.5 Å². The Morgan fingerprint density at radius 2 is 2.04 bits per heavy atom. The number of aromatic nitrogens is 4. The Hall–Kier alpha value is -2.96. The summed E-state index contributed by atoms with van der Waals surface area (Å²) >= 11 is 0. The number of H-pyrrole nitrogens is 1. The van der Waals surface area contributed by atoms with Crippen LogP contribution in [-0.4, -0.2) is 31.7 Å². The van der Waals surface area contributed by atoms with Gasteiger partial charge in [0.2, 0.25) is 0 Å². The molecule has 7 nitrogen and oxygen atoms in total. The third kappa shape index (κ3) is 4.12. The Bertz CT molecular complexity index is 872. The summed E-state index contributed by atoms with van der Waals surface area (Å²) in [6.45, 7) is 6.10. The number of hydrogen-bond donors (Lipinski definition) is 3. The van der Waals surface area contributed by atoms with Gasteiger partial charge in [-0.15, -0.1) is 0 Å². The van der Waals surface area contributed by atoms with Crippen molar-refractivity contribution in [1.29, 1.82) is 0 Å². The van der Waals surface area contributed by atoms with Gasteiger partial charge < -0.3 is 5.32 Å². The molecule has 3 aromatic heterocycles. The molecule has 0 saturated carbocycles. The van der Waals surface area contributed by atoms with E-state index in [9.17, 15) is 4.79 Å². The van der Waals surface area contributed by atoms with Gasteiger partial charge in [-0.05, 0) is 38.5 Å². The first-order valence-corrected chi connectivity index (χ1v) is 8.32. The molecule has 0 aliphatic carbocycles. The molecule has 3 aromatic rings. The summed E-state index contributed by atoms with van der Waals surface area (Å²) in [6, 6.07) is 5.26. The number of urea groups is 1. The van der Waals surface area contributed by atoms with Gasteiger partial charge in [0, 0.05) is 29.1 Å². The molecule has 0 atom stereocenters. The molecule has 0 spiro atoms. The van der Waals surface area contributed by atoms with Crippen LogP contribution in [0.2, 0.25) is 0 Å². The van der Waals surface area contributed by atoms with Gasteiger partial charge in [0.25, 0.3) is 0 Å². The first kappa shape index (κ1) is 16.9. The molecule has 0 radical (unpaired) electrons. The van der Waals surface area contributed by atoms with Gasteiger partial charge in [-0.1, -0.05) is 13.3 Å². The molecule has 130 valence electrons. The van der Waals surface area contributed by atoms with Crippen LogP contribution in [-0.2, 0) is 0 Å². The lowest BCUT2D eigenvalue weighted by atomic mass is 9.99. The van der Waals surface area contributed by atoms with E-state index in [4.69, 9.17) is 0 Å². The van der Waals surface area contributed by atoms with Gasteiger partial charge in [-0.2, -0.15) is 5.10 Å². The van der Waals surface area contributed by atoms with E-state index < -0.39 is 0 Å². The van der Waals surface area contributed by atoms with Gasteiger partial charge in [0.15, 0.2) is 0 Å². The number of anilines is 1. The highest BCUT2D eigenvalue weighted by molar-refractivity contribution is 5.90. The van der Waals surface area contributed by atoms with E-state index in [0.29, 0.717) is 11.3 Å². The second kappa shape index (κ2) is 6.88. The van der Waals surface area contributed by atoms with Crippen LogP contribution in [0.5, 0.6) is 0 Å². The fourth-order valence-corrected chi connectivity index (χ4v) is 2.79. The minimum absolute atomic E-state index is 0.258. The minimum Gasteiger partial charge on any atom is -0.333 e. The van der Waals surface area contributed by atoms with Crippen LogP contribution in [0.15, 0.2) is 36.8 Å². The van der Waals surface area contributed by atoms with Gasteiger partial charge >= 0.3 is 6.03 Å². The lowest BCUT2D eigenvalue weighted by molar-refractivity contribution is 0.239. The molecule has 3 rings (SSSR count). The summed E-state index contributed by atoms with van der Waals surface area (Å²) in [6.07, 6.45) is 7.22. The van der Waals surface area contributed by atoms with Crippen LogP contribution in [0.4, 0.5) is 10.6 Å². The summed E-state index contributed by atoms with van der Waals surface area (Å²) in [4.78, 5) is 21.1. The van der Waals surface area contributed by atoms with E-state index in [1.165, 1.54) is 0 Å². The molecule has 25 heavy (non-hydrogen) atoms. The molecule has 0 unspecified atom stereocenters. The monoisotopic (exact) mass is 338 g/mol. The number of nitrogens with one attached hydrogen (secondary N) is 3. The third-order valence-corrected chi connectivity index (χ3v) is 3.94. The lowest BCUT2D eigenvalue weighted by Crippen LogP contribution is -2.45. The van der Waals surface area contributed by atoms with Crippen molar-refractivity contribution in [3.63, 3.8) is 0 Å². The quantitative estimate of drug-likeness (QED) is 0.660. The van der Waals surface area contributed by atoms with Gasteiger partial charge in [0.05, 0.1) is 17.2 Å². The average Bonchev–Trinajstić information content (AvgIpc) is 3.07. The average molecular weight is 338 g/mol. The zero-order chi connectivity index (χ0) is 17.9. The number of amides is 2. The molecule has 0 aliphatic heterocycles. The first-order chi connectivity index (χ1) is 12.0. The Morgan fingerprint density at radius 3 is 2.76 bits per heavy atom. The Balaban J connectivity index is 1.79. The van der Waals surface area contributed by atoms with Crippen LogP contribution in [0.1, 0.15) is 33.6 Å². The molecule has 0 aromatic carbocycles. The van der Waals surface area contributed by atoms with Crippen LogP contribution in [0.3, 0.4) is 0 Å². The number of nitrogens with zero attached hydrogens (tertiary/aromatic N) is 3. The number of carbonyl (C=O) groups is 1. The predicted octanol–water partition coefficient (Wildman–Crippen LogP) is 3.72. The standard InChI is InChI=1S/C18H22N6O/c1-4-7-18(2,3)24-17(25)23-16-6-5-14-15(22-16)8-12(9-19-14)13-10-20-21-11-13/h5-6,8-11H,4,7H2,1-3H3,(H,20,21)(H2,22,23,24,25). The maximum absolute atomic E-state index is 12.2. The molecular formula is C18H22N6O. The van der Waals surface area contributed by atoms with Crippen molar-refractivity contribution in [2.45, 2.75) is 39.2 Å². The fourth-order valence-electron chi connectivity index (χ4n) is 2.79. The molecular weight excluding hydrogens is 316 g/mol. The molecule has 3 N–H and O–H groups in total. The summed E-state index contributed by atoms with van der Waals surface area (Å²) in [5.74, 6) is 0.489. The van der Waals surface area contributed by atoms with E-state index in [-0.39, 0.29) is 11.6 Å². The van der Waals surface area contributed by atoms with E-state index >= 15 is 0 Å². The molecule has 0 bridgehead atoms. The number of hydrogen-bond acceptors (Lipinski definition) is 4. The minimum atomic E-state index is -0.260. The van der Waals surface area contributed by atoms with Crippen molar-refractivity contribution in [1.82, 2.24) is 25.5 Å². The molecule has 0 aliphatic rings. The van der Waals surface area contributed by atoms with Crippen molar-refractivity contribution in [3.05, 3.63) is 36.8 Å². The van der Waals surface area contributed by atoms with Gasteiger partial charge in [-0.3, -0.25) is 15.4 Å². The van der Waals surface area contributed by atoms with Crippen molar-refractivity contribution >= 4 is 22.9 Å². The number of carbonyl (C=O) groups excluding carboxylic acids is 1. The van der Waals surface area contributed by atoms with Crippen LogP contribution < -0.4 is 10.6 Å². The van der Waals surface area contributed by atoms with Crippen LogP contribution in [0, 0.1) is 0 Å². The van der Waals surface area contributed by atoms with Crippen LogP contribution in [0.25, 0.3) is 22.2 Å². The summed E-state index contributed by atoms with van der Waals surface area (Å²) in [5.41, 5.74) is 3.08. The van der Waals surface area contributed by atoms with E-state index in [1.807, 2.05) is 26.0 Å². The highest BCUT2D eigenvalue weighted by Crippen LogP contribution is 2.21. The molecule has 7 heteroatoms. The molecule has 3 heterocycles. The molecule has 2 amide bonds. The number of aromatic amines is 1. The smallest absolute Gasteiger partial charge is 0.320 e. The maximum atomic E-state index is 12.2. The Labute approximate surface area is 146 Å². The van der Waals surface area contributed by atoms with E-state index in [1.54, 1.807) is 24.7 Å². The second-order valence-corrected chi connectivity index (χ2v) is 6.66. The summed E-state index contributed by atoms with van der Waals surface area (Å²) in [5, 5.41) is 12.5. The van der Waals surface area contributed by atoms with Crippen molar-refractivity contribution in [2.75, 3.05) is 5.32 Å². The Kier molecular flexibility index (Phi) is 4.65. The van der Waals surface area contributed by atoms with Gasteiger partial charge in [0.1, 0.15) is 5.82 Å². The highest BCUT2D eigenvalue weighted by atomic mass is 16.2. The lowest BCUT2D eigenvalue weighted by Gasteiger charge is -2.25. The molecule has 0 fully saturated rings. The number of pyridine rings is 2. The summed E-state index contributed by atoms with van der Waals surface area (Å²) < 4.78 is 0. The Morgan fingerprint density at radius 1 is 1.20 bits per heavy atom. The first-order valence-electron chi connectivity index (χ1n) is 8.32. The summed E-state index contributed by atoms with van der Waals surface area (Å²) in [7, 11) is 0. The largest absolute Gasteiger partial charge is 0.333 e. The third-order valence-electron chi connectivity index (χ3n) is 3.94. The predicted molar refractivity (Wildman–Crippen MR) is 98.3 cm³/mol. The zero-order valence-corrected chi connectivity index (χ0v) is 14.6. The van der Waals surface area contributed by atoms with Crippen LogP contribution >= 0.6 is 0 Å². The van der Waals surface area contributed by atoms with Crippen molar-refractivity contribution in [2.24, 2.45) is 0 Å². The normalized spacial score (nSPS) is 11.5. The van der Waals surface area contributed by atoms with Crippen molar-refractivity contribution < 1.29 is 4.79 Å². The molecule has 0 saturated heterocycles. The topological polar surface area (TPSA) is 95.6 Å². The zero-order valence-electron chi connectivity index (χ0n) is 14.6. The van der Waals surface area contributed by atoms with E-state index in [2.05, 4.69) is 37.7 Å². The second-order valence-electron chi connectivity index (χ2n) is 6.66. The SMILES string of the molecule is CCCC(C)(C)NC(=O)Nc1ccc2ncc(-c3cn[nH]c3)cc2n1. The number of fused-ring (bicyclic) bond motifs is 1. The van der Waals surface area contributed by atoms with Crippen molar-refractivity contribution in [3.8, 4) is 11.1 Å². The maximum Gasteiger partial charge on any atom is 0.320 e. The fraction of sp³-hybridized carbons (Fsp3) is 0.333. The number of rotatable bonds is 5. The van der Waals surface area contributed by atoms with Gasteiger partial charge in [-0.25, -0.2) is 9.78 Å². The highest BCUT2D eigenvalue weighted by Gasteiger charge is 2.19.